The Morgan fingerprint density at radius 1 is 0.968 bits per heavy atom. The van der Waals surface area contributed by atoms with Gasteiger partial charge in [-0.2, -0.15) is 0 Å². The highest BCUT2D eigenvalue weighted by Gasteiger charge is 2.19. The van der Waals surface area contributed by atoms with Crippen LogP contribution in [0.4, 0.5) is 5.69 Å². The molecule has 3 rings (SSSR count). The Labute approximate surface area is 192 Å². The fourth-order valence-electron chi connectivity index (χ4n) is 3.48. The van der Waals surface area contributed by atoms with Crippen LogP contribution in [-0.2, 0) is 9.59 Å². The second kappa shape index (κ2) is 13.6. The third-order valence-electron chi connectivity index (χ3n) is 5.03. The molecule has 10 heteroatoms. The lowest BCUT2D eigenvalue weighted by Gasteiger charge is -2.35. The average Bonchev–Trinajstić information content (AvgIpc) is 2.74. The van der Waals surface area contributed by atoms with Crippen LogP contribution in [0.15, 0.2) is 35.2 Å². The molecular weight excluding hydrogens is 442 g/mol. The average molecular weight is 472 g/mol. The standard InChI is InChI=1S/C17H26ClN3OS.C4H4O4/c18-15-2-3-17-16(14-15)21(11-13-23-17)5-1-4-19-6-8-20(9-7-19)10-12-22;5-3(6)1-2-4(7)8/h2-3,14,22H,1,4-13H2;1-2H,(H,5,6)(H,7,8)/b;2-1+. The summed E-state index contributed by atoms with van der Waals surface area (Å²) in [6.07, 6.45) is 2.31. The number of carboxylic acids is 2. The number of hydrogen-bond donors (Lipinski definition) is 3. The van der Waals surface area contributed by atoms with Gasteiger partial charge >= 0.3 is 11.9 Å². The van der Waals surface area contributed by atoms with E-state index in [9.17, 15) is 9.59 Å². The molecule has 0 amide bonds. The van der Waals surface area contributed by atoms with Crippen LogP contribution in [0.2, 0.25) is 5.02 Å². The van der Waals surface area contributed by atoms with Crippen molar-refractivity contribution in [3.63, 3.8) is 0 Å². The molecule has 2 aliphatic heterocycles. The van der Waals surface area contributed by atoms with Crippen molar-refractivity contribution in [2.75, 3.05) is 69.6 Å². The molecule has 2 aliphatic rings. The first-order valence-corrected chi connectivity index (χ1v) is 11.6. The summed E-state index contributed by atoms with van der Waals surface area (Å²) in [5, 5.41) is 25.5. The SMILES string of the molecule is O=C(O)/C=C/C(=O)O.OCCN1CCN(CCCN2CCSc3ccc(Cl)cc32)CC1. The van der Waals surface area contributed by atoms with Crippen LogP contribution in [0, 0.1) is 0 Å². The summed E-state index contributed by atoms with van der Waals surface area (Å²) in [5.74, 6) is -1.35. The number of nitrogens with zero attached hydrogens (tertiary/aromatic N) is 3. The topological polar surface area (TPSA) is 105 Å². The van der Waals surface area contributed by atoms with Gasteiger partial charge in [0.1, 0.15) is 0 Å². The second-order valence-corrected chi connectivity index (χ2v) is 8.79. The molecular formula is C21H30ClN3O5S. The first-order chi connectivity index (χ1) is 14.9. The molecule has 1 saturated heterocycles. The van der Waals surface area contributed by atoms with E-state index >= 15 is 0 Å². The summed E-state index contributed by atoms with van der Waals surface area (Å²) in [5.41, 5.74) is 1.31. The summed E-state index contributed by atoms with van der Waals surface area (Å²) >= 11 is 8.10. The van der Waals surface area contributed by atoms with Crippen LogP contribution in [0.25, 0.3) is 0 Å². The van der Waals surface area contributed by atoms with E-state index in [-0.39, 0.29) is 6.61 Å². The lowest BCUT2D eigenvalue weighted by molar-refractivity contribution is -0.134. The van der Waals surface area contributed by atoms with E-state index in [0.717, 1.165) is 63.1 Å². The van der Waals surface area contributed by atoms with Crippen molar-refractivity contribution in [2.24, 2.45) is 0 Å². The largest absolute Gasteiger partial charge is 0.478 e. The maximum atomic E-state index is 9.55. The predicted octanol–water partition coefficient (Wildman–Crippen LogP) is 1.96. The van der Waals surface area contributed by atoms with Crippen molar-refractivity contribution in [3.8, 4) is 0 Å². The Balaban J connectivity index is 0.000000366. The zero-order valence-electron chi connectivity index (χ0n) is 17.5. The quantitative estimate of drug-likeness (QED) is 0.490. The highest BCUT2D eigenvalue weighted by molar-refractivity contribution is 7.99. The number of piperazine rings is 1. The molecule has 1 aromatic carbocycles. The highest BCUT2D eigenvalue weighted by Crippen LogP contribution is 2.36. The molecule has 0 spiro atoms. The van der Waals surface area contributed by atoms with Gasteiger partial charge in [0.05, 0.1) is 12.3 Å². The Morgan fingerprint density at radius 2 is 1.58 bits per heavy atom. The molecule has 8 nitrogen and oxygen atoms in total. The van der Waals surface area contributed by atoms with Crippen molar-refractivity contribution >= 4 is 41.0 Å². The number of β-amino-alcohol motifs (C(OH)–C–C–N with tert-alkyl or cyclic N) is 1. The Kier molecular flexibility index (Phi) is 11.2. The molecule has 0 radical (unpaired) electrons. The van der Waals surface area contributed by atoms with E-state index in [4.69, 9.17) is 26.9 Å². The summed E-state index contributed by atoms with van der Waals surface area (Å²) < 4.78 is 0. The van der Waals surface area contributed by atoms with Crippen LogP contribution in [0.5, 0.6) is 0 Å². The molecule has 3 N–H and O–H groups in total. The van der Waals surface area contributed by atoms with Gasteiger partial charge in [-0.05, 0) is 31.2 Å². The van der Waals surface area contributed by atoms with Gasteiger partial charge in [-0.15, -0.1) is 11.8 Å². The number of aliphatic hydroxyl groups is 1. The van der Waals surface area contributed by atoms with Crippen molar-refractivity contribution < 1.29 is 24.9 Å². The number of halogens is 1. The number of rotatable bonds is 8. The Bertz CT molecular complexity index is 741. The van der Waals surface area contributed by atoms with E-state index in [1.807, 2.05) is 17.8 Å². The minimum absolute atomic E-state index is 0.273. The van der Waals surface area contributed by atoms with Crippen molar-refractivity contribution in [2.45, 2.75) is 11.3 Å². The smallest absolute Gasteiger partial charge is 0.328 e. The molecule has 0 saturated carbocycles. The first-order valence-electron chi connectivity index (χ1n) is 10.3. The lowest BCUT2D eigenvalue weighted by atomic mass is 10.2. The Morgan fingerprint density at radius 3 is 2.16 bits per heavy atom. The molecule has 1 aromatic rings. The molecule has 172 valence electrons. The van der Waals surface area contributed by atoms with Gasteiger partial charge < -0.3 is 25.1 Å². The van der Waals surface area contributed by atoms with E-state index in [1.54, 1.807) is 0 Å². The van der Waals surface area contributed by atoms with Crippen molar-refractivity contribution in [3.05, 3.63) is 35.4 Å². The predicted molar refractivity (Wildman–Crippen MR) is 123 cm³/mol. The Hall–Kier alpha value is -1.78. The monoisotopic (exact) mass is 471 g/mol. The number of carboxylic acid groups (broad SMARTS) is 2. The van der Waals surface area contributed by atoms with E-state index in [0.29, 0.717) is 12.2 Å². The second-order valence-electron chi connectivity index (χ2n) is 7.22. The fourth-order valence-corrected chi connectivity index (χ4v) is 4.68. The van der Waals surface area contributed by atoms with Crippen LogP contribution in [0.1, 0.15) is 6.42 Å². The molecule has 0 bridgehead atoms. The van der Waals surface area contributed by atoms with Crippen LogP contribution in [-0.4, -0.2) is 102 Å². The number of aliphatic hydroxyl groups excluding tert-OH is 1. The number of fused-ring (bicyclic) bond motifs is 1. The van der Waals surface area contributed by atoms with E-state index in [1.165, 1.54) is 17.0 Å². The zero-order chi connectivity index (χ0) is 22.6. The number of anilines is 1. The van der Waals surface area contributed by atoms with E-state index < -0.39 is 11.9 Å². The summed E-state index contributed by atoms with van der Waals surface area (Å²) in [4.78, 5) is 27.8. The zero-order valence-corrected chi connectivity index (χ0v) is 19.0. The van der Waals surface area contributed by atoms with Crippen molar-refractivity contribution in [1.82, 2.24) is 9.80 Å². The van der Waals surface area contributed by atoms with Crippen LogP contribution >= 0.6 is 23.4 Å². The van der Waals surface area contributed by atoms with Gasteiger partial charge in [0.25, 0.3) is 0 Å². The lowest BCUT2D eigenvalue weighted by Crippen LogP contribution is -2.47. The van der Waals surface area contributed by atoms with Crippen LogP contribution in [0.3, 0.4) is 0 Å². The highest BCUT2D eigenvalue weighted by atomic mass is 35.5. The summed E-state index contributed by atoms with van der Waals surface area (Å²) in [7, 11) is 0. The number of thioether (sulfide) groups is 1. The molecule has 0 aliphatic carbocycles. The maximum absolute atomic E-state index is 9.55. The number of aliphatic carboxylic acids is 2. The van der Waals surface area contributed by atoms with Gasteiger partial charge in [-0.1, -0.05) is 11.6 Å². The molecule has 0 atom stereocenters. The fraction of sp³-hybridized carbons (Fsp3) is 0.524. The summed E-state index contributed by atoms with van der Waals surface area (Å²) in [6, 6.07) is 6.24. The van der Waals surface area contributed by atoms with Gasteiger partial charge in [-0.3, -0.25) is 4.90 Å². The van der Waals surface area contributed by atoms with Crippen LogP contribution < -0.4 is 4.90 Å². The minimum atomic E-state index is -1.26. The first kappa shape index (κ1) is 25.5. The maximum Gasteiger partial charge on any atom is 0.328 e. The third-order valence-corrected chi connectivity index (χ3v) is 6.31. The number of benzene rings is 1. The van der Waals surface area contributed by atoms with Gasteiger partial charge in [0.2, 0.25) is 0 Å². The normalized spacial score (nSPS) is 17.2. The van der Waals surface area contributed by atoms with Crippen molar-refractivity contribution in [1.29, 1.82) is 0 Å². The number of carbonyl (C=O) groups is 2. The number of hydrogen-bond acceptors (Lipinski definition) is 7. The van der Waals surface area contributed by atoms with Gasteiger partial charge in [-0.25, -0.2) is 9.59 Å². The molecule has 1 fully saturated rings. The van der Waals surface area contributed by atoms with Gasteiger partial charge in [0.15, 0.2) is 0 Å². The third kappa shape index (κ3) is 9.49. The molecule has 0 unspecified atom stereocenters. The minimum Gasteiger partial charge on any atom is -0.478 e. The van der Waals surface area contributed by atoms with E-state index in [2.05, 4.69) is 26.8 Å². The summed E-state index contributed by atoms with van der Waals surface area (Å²) in [6.45, 7) is 8.88. The van der Waals surface area contributed by atoms with Gasteiger partial charge in [0, 0.05) is 73.6 Å². The molecule has 2 heterocycles. The molecule has 0 aromatic heterocycles. The molecule has 31 heavy (non-hydrogen) atoms.